The van der Waals surface area contributed by atoms with Gasteiger partial charge in [-0.15, -0.1) is 0 Å². The summed E-state index contributed by atoms with van der Waals surface area (Å²) in [4.78, 5) is 11.8. The highest BCUT2D eigenvalue weighted by Crippen LogP contribution is 2.27. The van der Waals surface area contributed by atoms with E-state index in [2.05, 4.69) is 5.32 Å². The van der Waals surface area contributed by atoms with Crippen LogP contribution in [0.1, 0.15) is 39.7 Å². The van der Waals surface area contributed by atoms with Crippen LogP contribution in [0.5, 0.6) is 5.75 Å². The van der Waals surface area contributed by atoms with Crippen LogP contribution in [0, 0.1) is 5.41 Å². The van der Waals surface area contributed by atoms with Gasteiger partial charge < -0.3 is 20.3 Å². The van der Waals surface area contributed by atoms with Crippen LogP contribution in [-0.4, -0.2) is 35.1 Å². The molecule has 0 heterocycles. The van der Waals surface area contributed by atoms with Crippen molar-refractivity contribution in [1.29, 1.82) is 0 Å². The van der Waals surface area contributed by atoms with E-state index in [0.29, 0.717) is 19.4 Å². The molecule has 124 valence electrons. The number of aliphatic hydroxyl groups is 1. The van der Waals surface area contributed by atoms with Crippen LogP contribution in [-0.2, 0) is 11.2 Å². The quantitative estimate of drug-likeness (QED) is 0.755. The monoisotopic (exact) mass is 309 g/mol. The van der Waals surface area contributed by atoms with Crippen molar-refractivity contribution in [3.8, 4) is 5.75 Å². The van der Waals surface area contributed by atoms with Gasteiger partial charge in [0.1, 0.15) is 11.4 Å². The van der Waals surface area contributed by atoms with Crippen molar-refractivity contribution in [2.24, 2.45) is 5.41 Å². The maximum Gasteiger partial charge on any atom is 0.407 e. The highest BCUT2D eigenvalue weighted by Gasteiger charge is 2.29. The number of carbonyl (C=O) groups excluding carboxylic acids is 1. The summed E-state index contributed by atoms with van der Waals surface area (Å²) in [5.41, 5.74) is -0.115. The lowest BCUT2D eigenvalue weighted by Gasteiger charge is -2.31. The first-order valence-corrected chi connectivity index (χ1v) is 7.55. The molecular formula is C17H27NO4. The third-order valence-corrected chi connectivity index (χ3v) is 3.58. The van der Waals surface area contributed by atoms with Crippen LogP contribution in [0.3, 0.4) is 0 Å². The highest BCUT2D eigenvalue weighted by molar-refractivity contribution is 5.67. The van der Waals surface area contributed by atoms with Gasteiger partial charge in [-0.3, -0.25) is 0 Å². The molecule has 22 heavy (non-hydrogen) atoms. The first-order valence-electron chi connectivity index (χ1n) is 7.55. The Balaban J connectivity index is 2.72. The van der Waals surface area contributed by atoms with Crippen LogP contribution >= 0.6 is 0 Å². The molecule has 0 saturated heterocycles. The maximum absolute atomic E-state index is 11.8. The lowest BCUT2D eigenvalue weighted by Crippen LogP contribution is -2.43. The second-order valence-electron chi connectivity index (χ2n) is 6.71. The molecule has 0 saturated carbocycles. The number of nitrogens with one attached hydrogen (secondary N) is 1. The summed E-state index contributed by atoms with van der Waals surface area (Å²) in [6.07, 6.45) is 0.758. The molecule has 0 aromatic heterocycles. The minimum Gasteiger partial charge on any atom is -0.508 e. The van der Waals surface area contributed by atoms with Crippen LogP contribution in [0.4, 0.5) is 4.79 Å². The molecule has 1 unspecified atom stereocenters. The van der Waals surface area contributed by atoms with E-state index in [1.165, 1.54) is 0 Å². The van der Waals surface area contributed by atoms with E-state index in [-0.39, 0.29) is 12.4 Å². The summed E-state index contributed by atoms with van der Waals surface area (Å²) in [5, 5.41) is 22.1. The van der Waals surface area contributed by atoms with Crippen molar-refractivity contribution in [3.05, 3.63) is 29.8 Å². The fourth-order valence-electron chi connectivity index (χ4n) is 2.21. The first kappa shape index (κ1) is 18.3. The zero-order chi connectivity index (χ0) is 16.8. The number of hydrogen-bond acceptors (Lipinski definition) is 4. The predicted octanol–water partition coefficient (Wildman–Crippen LogP) is 2.85. The van der Waals surface area contributed by atoms with Crippen molar-refractivity contribution < 1.29 is 19.7 Å². The van der Waals surface area contributed by atoms with Crippen LogP contribution < -0.4 is 5.32 Å². The standard InChI is InChI=1S/C17H27NO4/c1-5-17(12-19,10-13-7-6-8-14(20)9-13)11-18-15(21)22-16(2,3)4/h6-9,19-20H,5,10-12H2,1-4H3,(H,18,21). The number of aliphatic hydroxyl groups excluding tert-OH is 1. The Morgan fingerprint density at radius 1 is 1.32 bits per heavy atom. The van der Waals surface area contributed by atoms with Crippen LogP contribution in [0.25, 0.3) is 0 Å². The third-order valence-electron chi connectivity index (χ3n) is 3.58. The molecule has 1 atom stereocenters. The van der Waals surface area contributed by atoms with E-state index in [9.17, 15) is 15.0 Å². The number of phenols is 1. The van der Waals surface area contributed by atoms with Gasteiger partial charge in [-0.1, -0.05) is 19.1 Å². The molecule has 5 heteroatoms. The van der Waals surface area contributed by atoms with Crippen LogP contribution in [0.15, 0.2) is 24.3 Å². The zero-order valence-electron chi connectivity index (χ0n) is 13.8. The van der Waals surface area contributed by atoms with Crippen molar-refractivity contribution in [3.63, 3.8) is 0 Å². The summed E-state index contributed by atoms with van der Waals surface area (Å²) in [6, 6.07) is 6.94. The van der Waals surface area contributed by atoms with Crippen molar-refractivity contribution in [1.82, 2.24) is 5.32 Å². The summed E-state index contributed by atoms with van der Waals surface area (Å²) in [5.74, 6) is 0.195. The number of benzene rings is 1. The number of ether oxygens (including phenoxy) is 1. The van der Waals surface area contributed by atoms with E-state index >= 15 is 0 Å². The minimum atomic E-state index is -0.552. The molecule has 0 aliphatic carbocycles. The third kappa shape index (κ3) is 5.93. The largest absolute Gasteiger partial charge is 0.508 e. The average molecular weight is 309 g/mol. The number of carbonyl (C=O) groups is 1. The maximum atomic E-state index is 11.8. The topological polar surface area (TPSA) is 78.8 Å². The average Bonchev–Trinajstić information content (AvgIpc) is 2.42. The lowest BCUT2D eigenvalue weighted by molar-refractivity contribution is 0.0461. The Morgan fingerprint density at radius 2 is 2.00 bits per heavy atom. The van der Waals surface area contributed by atoms with E-state index in [1.54, 1.807) is 39.0 Å². The van der Waals surface area contributed by atoms with Gasteiger partial charge in [0.2, 0.25) is 0 Å². The Labute approximate surface area is 132 Å². The molecule has 0 radical (unpaired) electrons. The molecule has 0 aliphatic rings. The van der Waals surface area contributed by atoms with Gasteiger partial charge in [0.05, 0.1) is 6.61 Å². The molecule has 5 nitrogen and oxygen atoms in total. The molecule has 1 rings (SSSR count). The second-order valence-corrected chi connectivity index (χ2v) is 6.71. The van der Waals surface area contributed by atoms with Crippen LogP contribution in [0.2, 0.25) is 0 Å². The van der Waals surface area contributed by atoms with Crippen molar-refractivity contribution in [2.45, 2.75) is 46.1 Å². The smallest absolute Gasteiger partial charge is 0.407 e. The molecule has 0 fully saturated rings. The van der Waals surface area contributed by atoms with Crippen molar-refractivity contribution in [2.75, 3.05) is 13.2 Å². The number of amides is 1. The predicted molar refractivity (Wildman–Crippen MR) is 85.9 cm³/mol. The Morgan fingerprint density at radius 3 is 2.50 bits per heavy atom. The molecule has 0 spiro atoms. The van der Waals surface area contributed by atoms with Gasteiger partial charge in [0, 0.05) is 12.0 Å². The van der Waals surface area contributed by atoms with Gasteiger partial charge in [-0.2, -0.15) is 0 Å². The normalized spacial score (nSPS) is 14.2. The lowest BCUT2D eigenvalue weighted by atomic mass is 9.80. The Kier molecular flexibility index (Phi) is 6.23. The van der Waals surface area contributed by atoms with Gasteiger partial charge >= 0.3 is 6.09 Å². The number of aromatic hydroxyl groups is 1. The zero-order valence-corrected chi connectivity index (χ0v) is 13.8. The van der Waals surface area contributed by atoms with E-state index in [0.717, 1.165) is 5.56 Å². The summed E-state index contributed by atoms with van der Waals surface area (Å²) < 4.78 is 5.22. The molecule has 1 aromatic rings. The fourth-order valence-corrected chi connectivity index (χ4v) is 2.21. The second kappa shape index (κ2) is 7.49. The summed E-state index contributed by atoms with van der Waals surface area (Å²) >= 11 is 0. The van der Waals surface area contributed by atoms with Gasteiger partial charge in [0.15, 0.2) is 0 Å². The highest BCUT2D eigenvalue weighted by atomic mass is 16.6. The number of rotatable bonds is 6. The first-order chi connectivity index (χ1) is 10.2. The van der Waals surface area contributed by atoms with E-state index in [4.69, 9.17) is 4.74 Å². The van der Waals surface area contributed by atoms with Gasteiger partial charge in [-0.05, 0) is 51.3 Å². The number of hydrogen-bond donors (Lipinski definition) is 3. The van der Waals surface area contributed by atoms with E-state index in [1.807, 2.05) is 13.0 Å². The molecular weight excluding hydrogens is 282 g/mol. The molecule has 3 N–H and O–H groups in total. The SMILES string of the molecule is CCC(CO)(CNC(=O)OC(C)(C)C)Cc1cccc(O)c1. The molecule has 0 aliphatic heterocycles. The molecule has 1 amide bonds. The number of alkyl carbamates (subject to hydrolysis) is 1. The minimum absolute atomic E-state index is 0.0606. The Bertz CT molecular complexity index is 490. The molecule has 1 aromatic carbocycles. The summed E-state index contributed by atoms with van der Waals surface area (Å²) in [6.45, 7) is 7.63. The fraction of sp³-hybridized carbons (Fsp3) is 0.588. The van der Waals surface area contributed by atoms with Gasteiger partial charge in [-0.25, -0.2) is 4.79 Å². The van der Waals surface area contributed by atoms with Gasteiger partial charge in [0.25, 0.3) is 0 Å². The Hall–Kier alpha value is -1.75. The summed E-state index contributed by atoms with van der Waals surface area (Å²) in [7, 11) is 0. The van der Waals surface area contributed by atoms with E-state index < -0.39 is 17.1 Å². The van der Waals surface area contributed by atoms with Crippen molar-refractivity contribution >= 4 is 6.09 Å². The molecule has 0 bridgehead atoms. The number of phenolic OH excluding ortho intramolecular Hbond substituents is 1.